The maximum atomic E-state index is 9.29. The van der Waals surface area contributed by atoms with E-state index in [4.69, 9.17) is 9.40 Å². The van der Waals surface area contributed by atoms with E-state index in [1.165, 1.54) is 16.8 Å². The Morgan fingerprint density at radius 1 is 0.909 bits per heavy atom. The van der Waals surface area contributed by atoms with Crippen molar-refractivity contribution in [2.24, 2.45) is 0 Å². The first-order valence-corrected chi connectivity index (χ1v) is 16.0. The molecule has 4 aromatic rings. The Hall–Kier alpha value is -3.82. The summed E-state index contributed by atoms with van der Waals surface area (Å²) in [6, 6.07) is 26.2. The van der Waals surface area contributed by atoms with Crippen molar-refractivity contribution in [3.8, 4) is 6.07 Å². The second kappa shape index (κ2) is 12.3. The lowest BCUT2D eigenvalue weighted by Gasteiger charge is -2.42. The number of nitrogens with zero attached hydrogens (tertiary/aromatic N) is 4. The predicted molar refractivity (Wildman–Crippen MR) is 183 cm³/mol. The number of rotatable bonds is 8. The van der Waals surface area contributed by atoms with Crippen molar-refractivity contribution in [2.45, 2.75) is 84.1 Å². The molecule has 0 aliphatic carbocycles. The average Bonchev–Trinajstić information content (AvgIpc) is 3.44. The second-order valence-corrected chi connectivity index (χ2v) is 15.0. The summed E-state index contributed by atoms with van der Waals surface area (Å²) in [6.07, 6.45) is 0.962. The minimum absolute atomic E-state index is 0.0586. The number of piperazine rings is 1. The normalized spacial score (nSPS) is 16.2. The minimum atomic E-state index is -0.152. The number of aromatic nitrogens is 1. The van der Waals surface area contributed by atoms with Gasteiger partial charge in [-0.05, 0) is 70.8 Å². The summed E-state index contributed by atoms with van der Waals surface area (Å²) in [4.78, 5) is 10.0. The number of benzene rings is 3. The van der Waals surface area contributed by atoms with Crippen LogP contribution in [-0.2, 0) is 16.2 Å². The molecular weight excluding hydrogens is 542 g/mol. The zero-order valence-corrected chi connectivity index (χ0v) is 27.9. The molecule has 5 rings (SSSR count). The van der Waals surface area contributed by atoms with Crippen LogP contribution in [0.2, 0.25) is 0 Å². The van der Waals surface area contributed by atoms with E-state index in [-0.39, 0.29) is 16.2 Å². The highest BCUT2D eigenvalue weighted by atomic mass is 16.3. The molecular formula is C38H49N5O. The lowest BCUT2D eigenvalue weighted by Crippen LogP contribution is -2.56. The second-order valence-electron chi connectivity index (χ2n) is 15.0. The van der Waals surface area contributed by atoms with Gasteiger partial charge in [-0.1, -0.05) is 79.7 Å². The van der Waals surface area contributed by atoms with Gasteiger partial charge >= 0.3 is 0 Å². The van der Waals surface area contributed by atoms with E-state index in [9.17, 15) is 5.26 Å². The molecule has 0 spiro atoms. The number of anilines is 2. The van der Waals surface area contributed by atoms with Crippen molar-refractivity contribution in [1.29, 1.82) is 5.26 Å². The molecule has 232 valence electrons. The predicted octanol–water partition coefficient (Wildman–Crippen LogP) is 7.95. The van der Waals surface area contributed by atoms with E-state index in [0.717, 1.165) is 61.8 Å². The molecule has 6 nitrogen and oxygen atoms in total. The Labute approximate surface area is 264 Å². The topological polar surface area (TPSA) is 68.3 Å². The van der Waals surface area contributed by atoms with E-state index in [1.54, 1.807) is 0 Å². The maximum absolute atomic E-state index is 9.29. The van der Waals surface area contributed by atoms with Crippen molar-refractivity contribution in [3.63, 3.8) is 0 Å². The summed E-state index contributed by atoms with van der Waals surface area (Å²) < 4.78 is 6.15. The van der Waals surface area contributed by atoms with Gasteiger partial charge in [0.2, 0.25) is 5.89 Å². The lowest BCUT2D eigenvalue weighted by molar-refractivity contribution is 0.411. The third kappa shape index (κ3) is 7.11. The van der Waals surface area contributed by atoms with Gasteiger partial charge in [0, 0.05) is 49.5 Å². The molecule has 0 bridgehead atoms. The van der Waals surface area contributed by atoms with Gasteiger partial charge in [0.25, 0.3) is 0 Å². The molecule has 1 unspecified atom stereocenters. The highest BCUT2D eigenvalue weighted by Gasteiger charge is 2.28. The highest BCUT2D eigenvalue weighted by Crippen LogP contribution is 2.32. The molecule has 6 heteroatoms. The monoisotopic (exact) mass is 591 g/mol. The third-order valence-electron chi connectivity index (χ3n) is 9.03. The van der Waals surface area contributed by atoms with Gasteiger partial charge in [-0.2, -0.15) is 5.26 Å². The molecule has 44 heavy (non-hydrogen) atoms. The van der Waals surface area contributed by atoms with Gasteiger partial charge < -0.3 is 19.5 Å². The summed E-state index contributed by atoms with van der Waals surface area (Å²) in [5, 5.41) is 12.9. The molecule has 1 saturated heterocycles. The molecule has 0 radical (unpaired) electrons. The zero-order chi connectivity index (χ0) is 31.7. The van der Waals surface area contributed by atoms with E-state index >= 15 is 0 Å². The molecule has 1 atom stereocenters. The number of nitrogens with one attached hydrogen (secondary N) is 1. The minimum Gasteiger partial charge on any atom is -0.440 e. The van der Waals surface area contributed by atoms with Crippen LogP contribution < -0.4 is 15.1 Å². The van der Waals surface area contributed by atoms with Crippen LogP contribution >= 0.6 is 0 Å². The van der Waals surface area contributed by atoms with Gasteiger partial charge in [-0.3, -0.25) is 0 Å². The van der Waals surface area contributed by atoms with Crippen LogP contribution in [0.4, 0.5) is 11.4 Å². The quantitative estimate of drug-likeness (QED) is 0.224. The van der Waals surface area contributed by atoms with Crippen LogP contribution in [0.1, 0.15) is 84.4 Å². The SMILES string of the molecule is CC(C)(C)c1ccc(N2CCNCC2CN(CCC(C)(C)c2ccc(C#N)cc2)c2ccc3oc(C(C)(C)C)nc3c2)cc1. The standard InChI is InChI=1S/C38H49N5O/c1-36(2,3)28-13-15-30(16-14-28)43-22-20-40-25-32(43)26-42(21-19-38(7,8)29-11-9-27(24-39)10-12-29)31-17-18-34-33(23-31)41-35(44-34)37(4,5)6/h9-18,23,32,40H,19-22,25-26H2,1-8H3. The van der Waals surface area contributed by atoms with Crippen LogP contribution in [0.5, 0.6) is 0 Å². The summed E-state index contributed by atoms with van der Waals surface area (Å²) in [6.45, 7) is 22.4. The van der Waals surface area contributed by atoms with Crippen LogP contribution in [0.15, 0.2) is 71.1 Å². The molecule has 2 heterocycles. The van der Waals surface area contributed by atoms with Gasteiger partial charge in [-0.15, -0.1) is 0 Å². The van der Waals surface area contributed by atoms with E-state index in [0.29, 0.717) is 11.6 Å². The largest absolute Gasteiger partial charge is 0.440 e. The highest BCUT2D eigenvalue weighted by molar-refractivity contribution is 5.78. The Morgan fingerprint density at radius 2 is 1.59 bits per heavy atom. The molecule has 1 N–H and O–H groups in total. The Balaban J connectivity index is 1.45. The Morgan fingerprint density at radius 3 is 2.23 bits per heavy atom. The van der Waals surface area contributed by atoms with E-state index in [2.05, 4.69) is 131 Å². The van der Waals surface area contributed by atoms with Crippen molar-refractivity contribution in [1.82, 2.24) is 10.3 Å². The Kier molecular flexibility index (Phi) is 8.82. The summed E-state index contributed by atoms with van der Waals surface area (Å²) in [5.41, 5.74) is 7.40. The van der Waals surface area contributed by atoms with Gasteiger partial charge in [-0.25, -0.2) is 4.98 Å². The smallest absolute Gasteiger partial charge is 0.200 e. The number of hydrogen-bond donors (Lipinski definition) is 1. The first-order chi connectivity index (χ1) is 20.7. The van der Waals surface area contributed by atoms with Crippen molar-refractivity contribution >= 4 is 22.5 Å². The van der Waals surface area contributed by atoms with E-state index in [1.807, 2.05) is 12.1 Å². The summed E-state index contributed by atoms with van der Waals surface area (Å²) in [5.74, 6) is 0.763. The van der Waals surface area contributed by atoms with E-state index < -0.39 is 0 Å². The lowest BCUT2D eigenvalue weighted by atomic mass is 9.81. The fourth-order valence-electron chi connectivity index (χ4n) is 5.99. The fraction of sp³-hybridized carbons (Fsp3) is 0.474. The average molecular weight is 592 g/mol. The zero-order valence-electron chi connectivity index (χ0n) is 27.9. The van der Waals surface area contributed by atoms with Crippen LogP contribution in [-0.4, -0.2) is 43.7 Å². The van der Waals surface area contributed by atoms with Gasteiger partial charge in [0.1, 0.15) is 5.52 Å². The number of fused-ring (bicyclic) bond motifs is 1. The molecule has 0 saturated carbocycles. The first kappa shape index (κ1) is 31.6. The fourth-order valence-corrected chi connectivity index (χ4v) is 5.99. The molecule has 1 aliphatic rings. The van der Waals surface area contributed by atoms with Crippen molar-refractivity contribution < 1.29 is 4.42 Å². The number of hydrogen-bond acceptors (Lipinski definition) is 6. The molecule has 1 aliphatic heterocycles. The molecule has 1 aromatic heterocycles. The third-order valence-corrected chi connectivity index (χ3v) is 9.03. The van der Waals surface area contributed by atoms with Crippen LogP contribution in [0.3, 0.4) is 0 Å². The Bertz CT molecular complexity index is 1600. The summed E-state index contributed by atoms with van der Waals surface area (Å²) >= 11 is 0. The van der Waals surface area contributed by atoms with Gasteiger partial charge in [0.15, 0.2) is 5.58 Å². The van der Waals surface area contributed by atoms with Crippen LogP contribution in [0, 0.1) is 11.3 Å². The molecule has 0 amide bonds. The number of oxazole rings is 1. The molecule has 1 fully saturated rings. The first-order valence-electron chi connectivity index (χ1n) is 16.0. The molecule has 3 aromatic carbocycles. The van der Waals surface area contributed by atoms with Crippen LogP contribution in [0.25, 0.3) is 11.1 Å². The number of nitriles is 1. The van der Waals surface area contributed by atoms with Gasteiger partial charge in [0.05, 0.1) is 17.7 Å². The van der Waals surface area contributed by atoms with Crippen molar-refractivity contribution in [3.05, 3.63) is 89.3 Å². The maximum Gasteiger partial charge on any atom is 0.200 e. The summed E-state index contributed by atoms with van der Waals surface area (Å²) in [7, 11) is 0. The van der Waals surface area contributed by atoms with Crippen molar-refractivity contribution in [2.75, 3.05) is 42.5 Å².